The molecule has 0 N–H and O–H groups in total. The minimum Gasteiger partial charge on any atom is -0.292 e. The summed E-state index contributed by atoms with van der Waals surface area (Å²) >= 11 is 19.1. The maximum atomic E-state index is 12.3. The molecule has 1 aliphatic heterocycles. The van der Waals surface area contributed by atoms with Gasteiger partial charge in [0, 0.05) is 28.6 Å². The van der Waals surface area contributed by atoms with Crippen molar-refractivity contribution in [2.24, 2.45) is 5.10 Å². The van der Waals surface area contributed by atoms with Crippen molar-refractivity contribution in [1.29, 1.82) is 0 Å². The number of aromatic nitrogens is 2. The number of hydrogen-bond donors (Lipinski definition) is 0. The van der Waals surface area contributed by atoms with Crippen molar-refractivity contribution in [3.63, 3.8) is 0 Å². The molecule has 152 valence electrons. The predicted octanol–water partition coefficient (Wildman–Crippen LogP) is 4.68. The molecule has 0 unspecified atom stereocenters. The van der Waals surface area contributed by atoms with Crippen molar-refractivity contribution in [1.82, 2.24) is 15.2 Å². The second-order valence-electron chi connectivity index (χ2n) is 6.99. The second-order valence-corrected chi connectivity index (χ2v) is 8.16. The van der Waals surface area contributed by atoms with Gasteiger partial charge < -0.3 is 0 Å². The average molecular weight is 454 g/mol. The van der Waals surface area contributed by atoms with Crippen LogP contribution in [0.1, 0.15) is 55.5 Å². The highest BCUT2D eigenvalue weighted by Crippen LogP contribution is 2.31. The van der Waals surface area contributed by atoms with Crippen LogP contribution in [-0.2, 0) is 16.0 Å². The maximum Gasteiger partial charge on any atom is 0.250 e. The van der Waals surface area contributed by atoms with Crippen LogP contribution in [0.2, 0.25) is 15.2 Å². The van der Waals surface area contributed by atoms with Gasteiger partial charge in [0.15, 0.2) is 10.9 Å². The minimum absolute atomic E-state index is 0.176. The summed E-state index contributed by atoms with van der Waals surface area (Å²) in [6.45, 7) is 6.21. The first-order chi connectivity index (χ1) is 13.7. The van der Waals surface area contributed by atoms with Crippen LogP contribution in [0.4, 0.5) is 0 Å². The summed E-state index contributed by atoms with van der Waals surface area (Å²) in [5.74, 6) is -0.480. The molecule has 9 heteroatoms. The van der Waals surface area contributed by atoms with E-state index in [9.17, 15) is 9.59 Å². The highest BCUT2D eigenvalue weighted by molar-refractivity contribution is 6.50. The molecule has 0 bridgehead atoms. The molecule has 0 saturated heterocycles. The van der Waals surface area contributed by atoms with E-state index in [-0.39, 0.29) is 29.7 Å². The van der Waals surface area contributed by atoms with Crippen molar-refractivity contribution in [2.45, 2.75) is 39.5 Å². The first-order valence-electron chi connectivity index (χ1n) is 9.13. The number of rotatable bonds is 5. The van der Waals surface area contributed by atoms with Crippen molar-refractivity contribution >= 4 is 52.2 Å². The third kappa shape index (κ3) is 4.60. The van der Waals surface area contributed by atoms with Gasteiger partial charge in [0.2, 0.25) is 0 Å². The number of halogens is 3. The number of nitrogens with zero attached hydrogens (tertiary/aromatic N) is 4. The van der Waals surface area contributed by atoms with Gasteiger partial charge in [-0.1, -0.05) is 48.7 Å². The van der Waals surface area contributed by atoms with Crippen molar-refractivity contribution in [3.05, 3.63) is 55.8 Å². The van der Waals surface area contributed by atoms with Crippen LogP contribution >= 0.6 is 34.8 Å². The van der Waals surface area contributed by atoms with Gasteiger partial charge in [-0.3, -0.25) is 9.59 Å². The first-order valence-corrected chi connectivity index (χ1v) is 10.3. The highest BCUT2D eigenvalue weighted by atomic mass is 35.5. The monoisotopic (exact) mass is 452 g/mol. The number of hydrogen-bond acceptors (Lipinski definition) is 5. The molecular weight excluding hydrogens is 435 g/mol. The lowest BCUT2D eigenvalue weighted by atomic mass is 9.99. The smallest absolute Gasteiger partial charge is 0.250 e. The molecule has 6 nitrogen and oxygen atoms in total. The second kappa shape index (κ2) is 8.78. The van der Waals surface area contributed by atoms with Gasteiger partial charge in [-0.25, -0.2) is 5.01 Å². The van der Waals surface area contributed by atoms with Gasteiger partial charge in [0.25, 0.3) is 5.91 Å². The molecule has 2 aromatic rings. The van der Waals surface area contributed by atoms with Gasteiger partial charge in [0.1, 0.15) is 5.71 Å². The van der Waals surface area contributed by atoms with Crippen molar-refractivity contribution in [3.8, 4) is 0 Å². The van der Waals surface area contributed by atoms with E-state index in [1.54, 1.807) is 19.1 Å². The number of Topliss-reactive ketones (excluding diaryl/α,β-unsaturated/α-hetero) is 1. The van der Waals surface area contributed by atoms with Gasteiger partial charge in [-0.15, -0.1) is 5.10 Å². The van der Waals surface area contributed by atoms with E-state index in [1.807, 2.05) is 19.9 Å². The molecule has 0 aliphatic carbocycles. The largest absolute Gasteiger partial charge is 0.292 e. The van der Waals surface area contributed by atoms with Crippen LogP contribution < -0.4 is 0 Å². The van der Waals surface area contributed by atoms with E-state index in [4.69, 9.17) is 34.8 Å². The summed E-state index contributed by atoms with van der Waals surface area (Å²) in [5, 5.41) is 14.7. The summed E-state index contributed by atoms with van der Waals surface area (Å²) in [7, 11) is 0. The van der Waals surface area contributed by atoms with Crippen molar-refractivity contribution < 1.29 is 9.59 Å². The quantitative estimate of drug-likeness (QED) is 0.616. The van der Waals surface area contributed by atoms with E-state index in [2.05, 4.69) is 15.3 Å². The predicted molar refractivity (Wildman–Crippen MR) is 114 cm³/mol. The Morgan fingerprint density at radius 1 is 1.07 bits per heavy atom. The Labute approximate surface area is 183 Å². The number of carbonyl (C=O) groups is 2. The topological polar surface area (TPSA) is 75.5 Å². The average Bonchev–Trinajstić information content (AvgIpc) is 2.65. The number of ketones is 1. The van der Waals surface area contributed by atoms with Crippen LogP contribution in [-0.4, -0.2) is 39.2 Å². The zero-order valence-electron chi connectivity index (χ0n) is 16.2. The van der Waals surface area contributed by atoms with E-state index >= 15 is 0 Å². The molecule has 3 rings (SSSR count). The fourth-order valence-corrected chi connectivity index (χ4v) is 3.96. The Bertz CT molecular complexity index is 998. The number of carbonyl (C=O) groups excluding carboxylic acids is 2. The first kappa shape index (κ1) is 21.7. The SMILES string of the molecule is CCN1N=C(c2cc(Cl)c(Cc3cc(C(C)C)c(Cl)nn3)c(Cl)c2)C(=O)CC1=O. The summed E-state index contributed by atoms with van der Waals surface area (Å²) in [4.78, 5) is 24.1. The van der Waals surface area contributed by atoms with Crippen LogP contribution in [0.3, 0.4) is 0 Å². The summed E-state index contributed by atoms with van der Waals surface area (Å²) < 4.78 is 0. The van der Waals surface area contributed by atoms with Gasteiger partial charge in [-0.05, 0) is 42.2 Å². The fraction of sp³-hybridized carbons (Fsp3) is 0.350. The van der Waals surface area contributed by atoms with Gasteiger partial charge in [-0.2, -0.15) is 10.2 Å². The highest BCUT2D eigenvalue weighted by Gasteiger charge is 2.28. The molecule has 1 aromatic heterocycles. The molecule has 0 radical (unpaired) electrons. The third-order valence-electron chi connectivity index (χ3n) is 4.60. The lowest BCUT2D eigenvalue weighted by Gasteiger charge is -2.21. The Morgan fingerprint density at radius 3 is 2.31 bits per heavy atom. The zero-order chi connectivity index (χ0) is 21.3. The van der Waals surface area contributed by atoms with Crippen LogP contribution in [0.25, 0.3) is 0 Å². The molecule has 0 fully saturated rings. The van der Waals surface area contributed by atoms with E-state index in [1.165, 1.54) is 5.01 Å². The van der Waals surface area contributed by atoms with Crippen molar-refractivity contribution in [2.75, 3.05) is 6.54 Å². The number of amides is 1. The molecule has 2 heterocycles. The standard InChI is InChI=1S/C20H19Cl3N4O2/c1-4-27-18(29)9-17(28)19(26-27)11-5-15(21)14(16(22)6-11)8-12-7-13(10(2)3)20(23)25-24-12/h5-7,10H,4,8-9H2,1-3H3. The normalized spacial score (nSPS) is 14.6. The molecule has 1 aromatic carbocycles. The summed E-state index contributed by atoms with van der Waals surface area (Å²) in [6, 6.07) is 5.16. The minimum atomic E-state index is -0.357. The maximum absolute atomic E-state index is 12.3. The molecular formula is C20H19Cl3N4O2. The van der Waals surface area contributed by atoms with Crippen LogP contribution in [0.15, 0.2) is 23.3 Å². The molecule has 1 amide bonds. The lowest BCUT2D eigenvalue weighted by Crippen LogP contribution is -2.37. The Hall–Kier alpha value is -2.02. The number of hydrazone groups is 1. The van der Waals surface area contributed by atoms with Gasteiger partial charge in [0.05, 0.1) is 12.1 Å². The van der Waals surface area contributed by atoms with E-state index in [0.29, 0.717) is 45.0 Å². The number of benzene rings is 1. The Balaban J connectivity index is 1.96. The summed E-state index contributed by atoms with van der Waals surface area (Å²) in [6.07, 6.45) is 0.143. The van der Waals surface area contributed by atoms with Crippen LogP contribution in [0, 0.1) is 0 Å². The fourth-order valence-electron chi connectivity index (χ4n) is 3.03. The lowest BCUT2D eigenvalue weighted by molar-refractivity contribution is -0.135. The Morgan fingerprint density at radius 2 is 1.72 bits per heavy atom. The molecule has 0 saturated carbocycles. The molecule has 0 atom stereocenters. The molecule has 29 heavy (non-hydrogen) atoms. The molecule has 0 spiro atoms. The van der Waals surface area contributed by atoms with Gasteiger partial charge >= 0.3 is 0 Å². The summed E-state index contributed by atoms with van der Waals surface area (Å²) in [5.41, 5.74) is 2.89. The van der Waals surface area contributed by atoms with E-state index < -0.39 is 0 Å². The molecule has 1 aliphatic rings. The van der Waals surface area contributed by atoms with Crippen LogP contribution in [0.5, 0.6) is 0 Å². The third-order valence-corrected chi connectivity index (χ3v) is 5.57. The Kier molecular flexibility index (Phi) is 6.56. The zero-order valence-corrected chi connectivity index (χ0v) is 18.4. The van der Waals surface area contributed by atoms with E-state index in [0.717, 1.165) is 5.56 Å².